The van der Waals surface area contributed by atoms with Gasteiger partial charge in [-0.3, -0.25) is 4.79 Å². The molecule has 1 heterocycles. The number of carbonyl (C=O) groups excluding carboxylic acids is 1. The van der Waals surface area contributed by atoms with Gasteiger partial charge in [0.2, 0.25) is 26.0 Å². The fourth-order valence-electron chi connectivity index (χ4n) is 4.08. The van der Waals surface area contributed by atoms with Gasteiger partial charge in [0.1, 0.15) is 11.9 Å². The third-order valence-electron chi connectivity index (χ3n) is 6.11. The first-order valence-corrected chi connectivity index (χ1v) is 14.8. The molecule has 0 aromatic heterocycles. The number of sulfonamides is 2. The van der Waals surface area contributed by atoms with E-state index < -0.39 is 37.8 Å². The first-order chi connectivity index (χ1) is 17.6. The number of benzene rings is 3. The molecule has 196 valence electrons. The van der Waals surface area contributed by atoms with Gasteiger partial charge >= 0.3 is 0 Å². The second-order valence-corrected chi connectivity index (χ2v) is 12.4. The maximum atomic E-state index is 13.3. The summed E-state index contributed by atoms with van der Waals surface area (Å²) in [5, 5.41) is 2.73. The molecule has 3 aromatic carbocycles. The molecule has 0 spiro atoms. The molecular weight excluding hydrogens is 517 g/mol. The molecule has 0 bridgehead atoms. The molecule has 3 aromatic rings. The summed E-state index contributed by atoms with van der Waals surface area (Å²) in [5.41, 5.74) is 1.41. The topological polar surface area (TPSA) is 113 Å². The standard InChI is InChI=1S/C26H28FN3O5S2/c27-22-10-14-23(15-11-22)36(32,33)29-25(18-20-6-2-1-3-7-20)26(31)28-19-21-8-12-24(13-9-21)37(34,35)30-16-4-5-17-30/h1-3,6-15,25,29H,4-5,16-19H2,(H,28,31)/t25-/m0/s1. The minimum Gasteiger partial charge on any atom is -0.351 e. The van der Waals surface area contributed by atoms with Gasteiger partial charge in [-0.05, 0) is 66.8 Å². The maximum absolute atomic E-state index is 13.3. The molecule has 0 aliphatic carbocycles. The Morgan fingerprint density at radius 2 is 1.41 bits per heavy atom. The summed E-state index contributed by atoms with van der Waals surface area (Å²) < 4.78 is 68.4. The van der Waals surface area contributed by atoms with Crippen LogP contribution in [-0.4, -0.2) is 46.2 Å². The summed E-state index contributed by atoms with van der Waals surface area (Å²) in [5.74, 6) is -1.12. The monoisotopic (exact) mass is 545 g/mol. The molecular formula is C26H28FN3O5S2. The number of halogens is 1. The molecule has 0 radical (unpaired) electrons. The highest BCUT2D eigenvalue weighted by atomic mass is 32.2. The van der Waals surface area contributed by atoms with Gasteiger partial charge in [-0.15, -0.1) is 0 Å². The molecule has 1 amide bonds. The van der Waals surface area contributed by atoms with Crippen molar-refractivity contribution in [3.8, 4) is 0 Å². The highest BCUT2D eigenvalue weighted by Crippen LogP contribution is 2.21. The van der Waals surface area contributed by atoms with Crippen molar-refractivity contribution < 1.29 is 26.0 Å². The minimum absolute atomic E-state index is 0.0758. The molecule has 1 fully saturated rings. The van der Waals surface area contributed by atoms with Gasteiger partial charge in [-0.1, -0.05) is 42.5 Å². The minimum atomic E-state index is -4.10. The average Bonchev–Trinajstić information content (AvgIpc) is 3.44. The van der Waals surface area contributed by atoms with Crippen LogP contribution in [0.15, 0.2) is 88.7 Å². The van der Waals surface area contributed by atoms with Crippen molar-refractivity contribution in [2.24, 2.45) is 0 Å². The second kappa shape index (κ2) is 11.5. The summed E-state index contributed by atoms with van der Waals surface area (Å²) in [6, 6.07) is 18.4. The lowest BCUT2D eigenvalue weighted by molar-refractivity contribution is -0.122. The van der Waals surface area contributed by atoms with Crippen molar-refractivity contribution in [3.63, 3.8) is 0 Å². The SMILES string of the molecule is O=C(NCc1ccc(S(=O)(=O)N2CCCC2)cc1)[C@H](Cc1ccccc1)NS(=O)(=O)c1ccc(F)cc1. The van der Waals surface area contributed by atoms with Crippen molar-refractivity contribution in [1.29, 1.82) is 0 Å². The zero-order valence-corrected chi connectivity index (χ0v) is 21.6. The Balaban J connectivity index is 1.46. The van der Waals surface area contributed by atoms with Crippen LogP contribution in [0.2, 0.25) is 0 Å². The molecule has 1 atom stereocenters. The lowest BCUT2D eigenvalue weighted by Crippen LogP contribution is -2.47. The van der Waals surface area contributed by atoms with E-state index in [0.29, 0.717) is 18.7 Å². The molecule has 11 heteroatoms. The third-order valence-corrected chi connectivity index (χ3v) is 9.51. The van der Waals surface area contributed by atoms with Crippen LogP contribution >= 0.6 is 0 Å². The predicted octanol–water partition coefficient (Wildman–Crippen LogP) is 2.82. The Labute approximate surface area is 216 Å². The van der Waals surface area contributed by atoms with Gasteiger partial charge in [0.05, 0.1) is 9.79 Å². The second-order valence-electron chi connectivity index (χ2n) is 8.79. The van der Waals surface area contributed by atoms with Crippen molar-refractivity contribution >= 4 is 26.0 Å². The largest absolute Gasteiger partial charge is 0.351 e. The number of amides is 1. The zero-order valence-electron chi connectivity index (χ0n) is 20.0. The summed E-state index contributed by atoms with van der Waals surface area (Å²) in [6.45, 7) is 1.10. The Morgan fingerprint density at radius 3 is 2.03 bits per heavy atom. The van der Waals surface area contributed by atoms with Crippen LogP contribution in [0.5, 0.6) is 0 Å². The van der Waals surface area contributed by atoms with Crippen molar-refractivity contribution in [3.05, 3.63) is 95.8 Å². The Bertz CT molecular complexity index is 1420. The number of hydrogen-bond acceptors (Lipinski definition) is 5. The first-order valence-electron chi connectivity index (χ1n) is 11.8. The number of carbonyl (C=O) groups is 1. The molecule has 37 heavy (non-hydrogen) atoms. The van der Waals surface area contributed by atoms with Crippen LogP contribution in [0.1, 0.15) is 24.0 Å². The van der Waals surface area contributed by atoms with Crippen LogP contribution in [0.25, 0.3) is 0 Å². The zero-order chi connectivity index (χ0) is 26.5. The molecule has 4 rings (SSSR count). The average molecular weight is 546 g/mol. The fourth-order valence-corrected chi connectivity index (χ4v) is 6.79. The summed E-state index contributed by atoms with van der Waals surface area (Å²) in [4.78, 5) is 13.1. The van der Waals surface area contributed by atoms with E-state index >= 15 is 0 Å². The molecule has 1 saturated heterocycles. The number of nitrogens with one attached hydrogen (secondary N) is 2. The van der Waals surface area contributed by atoms with E-state index in [4.69, 9.17) is 0 Å². The Hall–Kier alpha value is -3.12. The van der Waals surface area contributed by atoms with Crippen molar-refractivity contribution in [2.75, 3.05) is 13.1 Å². The van der Waals surface area contributed by atoms with Crippen LogP contribution in [0.3, 0.4) is 0 Å². The molecule has 1 aliphatic rings. The predicted molar refractivity (Wildman–Crippen MR) is 137 cm³/mol. The Kier molecular flexibility index (Phi) is 8.38. The van der Waals surface area contributed by atoms with E-state index in [9.17, 15) is 26.0 Å². The van der Waals surface area contributed by atoms with E-state index in [1.54, 1.807) is 36.4 Å². The maximum Gasteiger partial charge on any atom is 0.243 e. The van der Waals surface area contributed by atoms with Gasteiger partial charge in [-0.25, -0.2) is 21.2 Å². The van der Waals surface area contributed by atoms with Crippen molar-refractivity contribution in [2.45, 2.75) is 41.6 Å². The summed E-state index contributed by atoms with van der Waals surface area (Å²) in [6.07, 6.45) is 1.79. The van der Waals surface area contributed by atoms with Gasteiger partial charge < -0.3 is 5.32 Å². The molecule has 2 N–H and O–H groups in total. The van der Waals surface area contributed by atoms with Crippen LogP contribution in [0, 0.1) is 5.82 Å². The lowest BCUT2D eigenvalue weighted by atomic mass is 10.1. The summed E-state index contributed by atoms with van der Waals surface area (Å²) >= 11 is 0. The van der Waals surface area contributed by atoms with Crippen LogP contribution in [0.4, 0.5) is 4.39 Å². The first kappa shape index (κ1) is 26.9. The number of rotatable bonds is 10. The van der Waals surface area contributed by atoms with Crippen LogP contribution in [-0.2, 0) is 37.8 Å². The van der Waals surface area contributed by atoms with Gasteiger partial charge in [0.25, 0.3) is 0 Å². The molecule has 1 aliphatic heterocycles. The highest BCUT2D eigenvalue weighted by molar-refractivity contribution is 7.89. The summed E-state index contributed by atoms with van der Waals surface area (Å²) in [7, 11) is -7.64. The molecule has 8 nitrogen and oxygen atoms in total. The Morgan fingerprint density at radius 1 is 0.811 bits per heavy atom. The van der Waals surface area contributed by atoms with Crippen molar-refractivity contribution in [1.82, 2.24) is 14.3 Å². The molecule has 0 saturated carbocycles. The third kappa shape index (κ3) is 6.80. The number of nitrogens with zero attached hydrogens (tertiary/aromatic N) is 1. The van der Waals surface area contributed by atoms with Gasteiger partial charge in [0, 0.05) is 19.6 Å². The van der Waals surface area contributed by atoms with E-state index in [1.165, 1.54) is 16.4 Å². The van der Waals surface area contributed by atoms with E-state index in [0.717, 1.165) is 42.7 Å². The van der Waals surface area contributed by atoms with E-state index in [-0.39, 0.29) is 22.8 Å². The van der Waals surface area contributed by atoms with E-state index in [2.05, 4.69) is 10.0 Å². The number of hydrogen-bond donors (Lipinski definition) is 2. The fraction of sp³-hybridized carbons (Fsp3) is 0.269. The quantitative estimate of drug-likeness (QED) is 0.407. The van der Waals surface area contributed by atoms with E-state index in [1.807, 2.05) is 6.07 Å². The highest BCUT2D eigenvalue weighted by Gasteiger charge is 2.28. The van der Waals surface area contributed by atoms with Gasteiger partial charge in [0.15, 0.2) is 0 Å². The van der Waals surface area contributed by atoms with Crippen LogP contribution < -0.4 is 10.0 Å². The lowest BCUT2D eigenvalue weighted by Gasteiger charge is -2.19. The smallest absolute Gasteiger partial charge is 0.243 e. The molecule has 0 unspecified atom stereocenters. The van der Waals surface area contributed by atoms with Gasteiger partial charge in [-0.2, -0.15) is 9.03 Å². The normalized spacial score (nSPS) is 15.4.